The van der Waals surface area contributed by atoms with Gasteiger partial charge in [0.2, 0.25) is 11.7 Å². The molecule has 10 nitrogen and oxygen atoms in total. The smallest absolute Gasteiger partial charge is 0.323 e. The molecule has 6 N–H and O–H groups in total. The molecule has 1 unspecified atom stereocenters. The highest BCUT2D eigenvalue weighted by Gasteiger charge is 2.36. The molecule has 37 heavy (non-hydrogen) atoms. The molecule has 10 heteroatoms. The van der Waals surface area contributed by atoms with E-state index in [-0.39, 0.29) is 13.0 Å². The summed E-state index contributed by atoms with van der Waals surface area (Å²) in [6, 6.07) is 9.39. The highest BCUT2D eigenvalue weighted by Crippen LogP contribution is 2.38. The second-order valence-electron chi connectivity index (χ2n) is 9.87. The fourth-order valence-electron chi connectivity index (χ4n) is 3.84. The molecule has 0 aromatic heterocycles. The molecule has 0 spiro atoms. The van der Waals surface area contributed by atoms with Crippen LogP contribution in [0, 0.1) is 5.41 Å². The minimum absolute atomic E-state index is 0.0677. The maximum absolute atomic E-state index is 12.9. The quantitative estimate of drug-likeness (QED) is 0.267. The summed E-state index contributed by atoms with van der Waals surface area (Å²) in [7, 11) is 4.46. The molecule has 0 saturated heterocycles. The first-order valence-electron chi connectivity index (χ1n) is 12.0. The van der Waals surface area contributed by atoms with E-state index >= 15 is 0 Å². The van der Waals surface area contributed by atoms with Crippen LogP contribution in [-0.4, -0.2) is 67.6 Å². The predicted molar refractivity (Wildman–Crippen MR) is 140 cm³/mol. The van der Waals surface area contributed by atoms with Gasteiger partial charge in [-0.3, -0.25) is 14.9 Å². The number of nitrogens with two attached hydrogens (primary N) is 1. The molecule has 0 aliphatic heterocycles. The SMILES string of the molecule is COc1cc(CN[C@@H](C(=O)O)[C@H](O)[C@H](Cc2ccccc2)NC(=O)C(N)C(C)(C)C)cc(OC)c1OC. The number of aliphatic hydroxyl groups is 1. The molecule has 2 aromatic rings. The number of nitrogens with one attached hydrogen (secondary N) is 2. The van der Waals surface area contributed by atoms with Gasteiger partial charge in [-0.05, 0) is 35.1 Å². The zero-order chi connectivity index (χ0) is 27.8. The van der Waals surface area contributed by atoms with Crippen LogP contribution in [0.1, 0.15) is 31.9 Å². The molecule has 204 valence electrons. The van der Waals surface area contributed by atoms with Crippen LogP contribution < -0.4 is 30.6 Å². The zero-order valence-corrected chi connectivity index (χ0v) is 22.3. The molecule has 0 aliphatic carbocycles. The predicted octanol–water partition coefficient (Wildman–Crippen LogP) is 1.72. The third-order valence-corrected chi connectivity index (χ3v) is 6.11. The lowest BCUT2D eigenvalue weighted by molar-refractivity contribution is -0.144. The molecule has 0 bridgehead atoms. The Hall–Kier alpha value is -3.34. The minimum Gasteiger partial charge on any atom is -0.493 e. The monoisotopic (exact) mass is 517 g/mol. The molecule has 1 amide bonds. The van der Waals surface area contributed by atoms with Gasteiger partial charge in [0.1, 0.15) is 12.1 Å². The van der Waals surface area contributed by atoms with Crippen molar-refractivity contribution in [2.75, 3.05) is 21.3 Å². The summed E-state index contributed by atoms with van der Waals surface area (Å²) in [5.74, 6) is -0.508. The number of aliphatic carboxylic acids is 1. The van der Waals surface area contributed by atoms with Crippen LogP contribution in [0.3, 0.4) is 0 Å². The van der Waals surface area contributed by atoms with Crippen molar-refractivity contribution in [3.05, 3.63) is 53.6 Å². The van der Waals surface area contributed by atoms with Crippen LogP contribution in [0.15, 0.2) is 42.5 Å². The van der Waals surface area contributed by atoms with Crippen LogP contribution in [0.4, 0.5) is 0 Å². The molecular weight excluding hydrogens is 478 g/mol. The number of methoxy groups -OCH3 is 3. The lowest BCUT2D eigenvalue weighted by Crippen LogP contribution is -2.60. The van der Waals surface area contributed by atoms with E-state index in [1.165, 1.54) is 21.3 Å². The van der Waals surface area contributed by atoms with Crippen molar-refractivity contribution in [3.8, 4) is 17.2 Å². The fourth-order valence-corrected chi connectivity index (χ4v) is 3.84. The van der Waals surface area contributed by atoms with Crippen LogP contribution in [0.25, 0.3) is 0 Å². The van der Waals surface area contributed by atoms with Gasteiger partial charge < -0.3 is 35.5 Å². The summed E-state index contributed by atoms with van der Waals surface area (Å²) in [6.45, 7) is 5.56. The van der Waals surface area contributed by atoms with E-state index in [1.54, 1.807) is 12.1 Å². The van der Waals surface area contributed by atoms with Crippen molar-refractivity contribution in [1.82, 2.24) is 10.6 Å². The lowest BCUT2D eigenvalue weighted by Gasteiger charge is -2.32. The van der Waals surface area contributed by atoms with Gasteiger partial charge in [-0.1, -0.05) is 51.1 Å². The van der Waals surface area contributed by atoms with Gasteiger partial charge in [0, 0.05) is 6.54 Å². The first-order chi connectivity index (χ1) is 17.4. The maximum atomic E-state index is 12.9. The number of carbonyl (C=O) groups excluding carboxylic acids is 1. The van der Waals surface area contributed by atoms with Gasteiger partial charge in [0.05, 0.1) is 33.4 Å². The van der Waals surface area contributed by atoms with E-state index < -0.39 is 41.5 Å². The van der Waals surface area contributed by atoms with E-state index in [0.717, 1.165) is 5.56 Å². The average molecular weight is 518 g/mol. The Morgan fingerprint density at radius 1 is 0.973 bits per heavy atom. The van der Waals surface area contributed by atoms with Gasteiger partial charge >= 0.3 is 5.97 Å². The number of aliphatic hydroxyl groups excluding tert-OH is 1. The van der Waals surface area contributed by atoms with E-state index in [4.69, 9.17) is 19.9 Å². The molecule has 0 saturated carbocycles. The Morgan fingerprint density at radius 2 is 1.54 bits per heavy atom. The number of hydrogen-bond acceptors (Lipinski definition) is 8. The number of carboxylic acids is 1. The molecule has 0 fully saturated rings. The number of benzene rings is 2. The zero-order valence-electron chi connectivity index (χ0n) is 22.3. The second kappa shape index (κ2) is 13.3. The Morgan fingerprint density at radius 3 is 2.00 bits per heavy atom. The van der Waals surface area contributed by atoms with Gasteiger partial charge in [-0.2, -0.15) is 0 Å². The highest BCUT2D eigenvalue weighted by atomic mass is 16.5. The van der Waals surface area contributed by atoms with Crippen molar-refractivity contribution < 1.29 is 34.0 Å². The number of carbonyl (C=O) groups is 2. The summed E-state index contributed by atoms with van der Waals surface area (Å²) in [6.07, 6.45) is -1.27. The lowest BCUT2D eigenvalue weighted by atomic mass is 9.86. The largest absolute Gasteiger partial charge is 0.493 e. The number of ether oxygens (including phenoxy) is 3. The van der Waals surface area contributed by atoms with Crippen molar-refractivity contribution >= 4 is 11.9 Å². The second-order valence-corrected chi connectivity index (χ2v) is 9.87. The van der Waals surface area contributed by atoms with Crippen molar-refractivity contribution in [2.24, 2.45) is 11.1 Å². The molecule has 0 radical (unpaired) electrons. The molecule has 0 aliphatic rings. The van der Waals surface area contributed by atoms with Crippen LogP contribution in [-0.2, 0) is 22.6 Å². The Labute approximate surface area is 218 Å². The van der Waals surface area contributed by atoms with Crippen LogP contribution in [0.2, 0.25) is 0 Å². The van der Waals surface area contributed by atoms with E-state index in [9.17, 15) is 19.8 Å². The number of amides is 1. The molecule has 2 aromatic carbocycles. The first kappa shape index (κ1) is 29.9. The topological polar surface area (TPSA) is 152 Å². The normalized spacial score (nSPS) is 14.7. The summed E-state index contributed by atoms with van der Waals surface area (Å²) >= 11 is 0. The molecular formula is C27H39N3O7. The molecule has 0 heterocycles. The van der Waals surface area contributed by atoms with E-state index in [1.807, 2.05) is 51.1 Å². The number of rotatable bonds is 13. The first-order valence-corrected chi connectivity index (χ1v) is 12.0. The number of hydrogen-bond donors (Lipinski definition) is 5. The molecule has 2 rings (SSSR count). The Bertz CT molecular complexity index is 1020. The fraction of sp³-hybridized carbons (Fsp3) is 0.481. The Kier molecular flexibility index (Phi) is 10.7. The summed E-state index contributed by atoms with van der Waals surface area (Å²) in [5.41, 5.74) is 7.07. The minimum atomic E-state index is -1.48. The third kappa shape index (κ3) is 8.08. The van der Waals surface area contributed by atoms with Crippen molar-refractivity contribution in [3.63, 3.8) is 0 Å². The Balaban J connectivity index is 2.30. The van der Waals surface area contributed by atoms with Gasteiger partial charge in [0.25, 0.3) is 0 Å². The van der Waals surface area contributed by atoms with Crippen LogP contribution in [0.5, 0.6) is 17.2 Å². The van der Waals surface area contributed by atoms with Gasteiger partial charge in [-0.25, -0.2) is 0 Å². The van der Waals surface area contributed by atoms with Gasteiger partial charge in [-0.15, -0.1) is 0 Å². The number of carboxylic acid groups (broad SMARTS) is 1. The molecule has 4 atom stereocenters. The third-order valence-electron chi connectivity index (χ3n) is 6.11. The summed E-state index contributed by atoms with van der Waals surface area (Å²) in [5, 5.41) is 26.9. The maximum Gasteiger partial charge on any atom is 0.323 e. The van der Waals surface area contributed by atoms with Crippen molar-refractivity contribution in [2.45, 2.75) is 58.0 Å². The summed E-state index contributed by atoms with van der Waals surface area (Å²) in [4.78, 5) is 25.1. The van der Waals surface area contributed by atoms with E-state index in [0.29, 0.717) is 22.8 Å². The van der Waals surface area contributed by atoms with Gasteiger partial charge in [0.15, 0.2) is 11.5 Å². The van der Waals surface area contributed by atoms with Crippen LogP contribution >= 0.6 is 0 Å². The highest BCUT2D eigenvalue weighted by molar-refractivity contribution is 5.83. The average Bonchev–Trinajstić information content (AvgIpc) is 2.86. The standard InChI is InChI=1S/C27H39N3O7/c1-27(2,3)24(28)25(32)30-18(12-16-10-8-7-9-11-16)22(31)21(26(33)34)29-15-17-13-19(35-4)23(37-6)20(14-17)36-5/h7-11,13-14,18,21-22,24,29,31H,12,15,28H2,1-6H3,(H,30,32)(H,33,34)/t18-,21+,22+,24?/m0/s1. The van der Waals surface area contributed by atoms with E-state index in [2.05, 4.69) is 10.6 Å². The van der Waals surface area contributed by atoms with Crippen molar-refractivity contribution in [1.29, 1.82) is 0 Å². The summed E-state index contributed by atoms with van der Waals surface area (Å²) < 4.78 is 16.1.